The predicted molar refractivity (Wildman–Crippen MR) is 35.3 cm³/mol. The second-order valence-electron chi connectivity index (χ2n) is 1.27. The summed E-state index contributed by atoms with van der Waals surface area (Å²) >= 11 is 5.49. The molecule has 0 atom stereocenters. The summed E-state index contributed by atoms with van der Waals surface area (Å²) < 4.78 is 4.78. The molecule has 1 nitrogen and oxygen atoms in total. The van der Waals surface area contributed by atoms with Crippen LogP contribution in [0.5, 0.6) is 0 Å². The molecule has 0 aromatic heterocycles. The molecule has 0 unspecified atom stereocenters. The van der Waals surface area contributed by atoms with Crippen molar-refractivity contribution in [1.82, 2.24) is 0 Å². The van der Waals surface area contributed by atoms with E-state index in [1.165, 1.54) is 0 Å². The highest BCUT2D eigenvalue weighted by atomic mass is 35.5. The first-order valence-corrected chi connectivity index (χ1v) is 2.99. The zero-order chi connectivity index (χ0) is 6.41. The normalized spacial score (nSPS) is 11.6. The quantitative estimate of drug-likeness (QED) is 0.538. The first-order valence-electron chi connectivity index (χ1n) is 2.61. The van der Waals surface area contributed by atoms with Crippen LogP contribution in [-0.4, -0.2) is 0 Å². The van der Waals surface area contributed by atoms with E-state index in [2.05, 4.69) is 0 Å². The third-order valence-corrected chi connectivity index (χ3v) is 0.838. The van der Waals surface area contributed by atoms with Gasteiger partial charge < -0.3 is 4.74 Å². The number of hydrogen-bond donors (Lipinski definition) is 0. The molecule has 0 rings (SSSR count). The van der Waals surface area contributed by atoms with Crippen molar-refractivity contribution in [3.63, 3.8) is 0 Å². The van der Waals surface area contributed by atoms with Crippen LogP contribution >= 0.6 is 11.6 Å². The molecule has 0 amide bonds. The third-order valence-electron chi connectivity index (χ3n) is 0.595. The van der Waals surface area contributed by atoms with Crippen molar-refractivity contribution in [3.05, 3.63) is 17.9 Å². The highest BCUT2D eigenvalue weighted by Gasteiger charge is 1.84. The second kappa shape index (κ2) is 4.98. The van der Waals surface area contributed by atoms with Gasteiger partial charge in [0.15, 0.2) is 5.22 Å². The zero-order valence-corrected chi connectivity index (χ0v) is 5.90. The van der Waals surface area contributed by atoms with Gasteiger partial charge in [-0.25, -0.2) is 0 Å². The Bertz CT molecular complexity index is 78.6. The third kappa shape index (κ3) is 4.00. The van der Waals surface area contributed by atoms with Crippen molar-refractivity contribution in [2.75, 3.05) is 0 Å². The first kappa shape index (κ1) is 7.83. The minimum absolute atomic E-state index is 0.454. The molecule has 47 valence electrons. The summed E-state index contributed by atoms with van der Waals surface area (Å²) in [7, 11) is 0. The average Bonchev–Trinajstić information content (AvgIpc) is 1.68. The van der Waals surface area contributed by atoms with Gasteiger partial charge in [0, 0.05) is 0 Å². The maximum atomic E-state index is 5.49. The number of halogens is 1. The fourth-order valence-corrected chi connectivity index (χ4v) is 0.565. The van der Waals surface area contributed by atoms with Crippen LogP contribution in [0.4, 0.5) is 0 Å². The van der Waals surface area contributed by atoms with Gasteiger partial charge in [-0.2, -0.15) is 0 Å². The minimum atomic E-state index is 0.454. The molecule has 0 bridgehead atoms. The van der Waals surface area contributed by atoms with Crippen LogP contribution in [-0.2, 0) is 4.74 Å². The van der Waals surface area contributed by atoms with Gasteiger partial charge in [0.2, 0.25) is 0 Å². The predicted octanol–water partition coefficient (Wildman–Crippen LogP) is 2.67. The van der Waals surface area contributed by atoms with E-state index in [0.717, 1.165) is 6.42 Å². The Balaban J connectivity index is 3.29. The summed E-state index contributed by atoms with van der Waals surface area (Å²) in [6, 6.07) is 0. The summed E-state index contributed by atoms with van der Waals surface area (Å²) in [5.74, 6) is 0. The van der Waals surface area contributed by atoms with Crippen LogP contribution in [0, 0.1) is 6.61 Å². The van der Waals surface area contributed by atoms with E-state index in [1.807, 2.05) is 13.0 Å². The minimum Gasteiger partial charge on any atom is -0.476 e. The molecular formula is C6H10ClO. The van der Waals surface area contributed by atoms with E-state index in [1.54, 1.807) is 13.5 Å². The number of allylic oxidation sites excluding steroid dienone is 1. The number of ether oxygens (including phenoxy) is 1. The smallest absolute Gasteiger partial charge is 0.183 e. The van der Waals surface area contributed by atoms with Gasteiger partial charge in [0.25, 0.3) is 0 Å². The van der Waals surface area contributed by atoms with E-state index < -0.39 is 0 Å². The SMILES string of the molecule is C[CH]O/C(Cl)=C/CC. The van der Waals surface area contributed by atoms with Crippen molar-refractivity contribution >= 4 is 11.6 Å². The molecule has 0 aliphatic carbocycles. The summed E-state index contributed by atoms with van der Waals surface area (Å²) in [5, 5.41) is 0.454. The van der Waals surface area contributed by atoms with Gasteiger partial charge in [-0.05, 0) is 31.0 Å². The molecular weight excluding hydrogens is 124 g/mol. The molecule has 0 aliphatic rings. The summed E-state index contributed by atoms with van der Waals surface area (Å²) in [6.45, 7) is 5.34. The van der Waals surface area contributed by atoms with Gasteiger partial charge in [-0.1, -0.05) is 6.92 Å². The van der Waals surface area contributed by atoms with Crippen LogP contribution in [0.1, 0.15) is 20.3 Å². The maximum absolute atomic E-state index is 5.49. The molecule has 0 saturated heterocycles. The molecule has 8 heavy (non-hydrogen) atoms. The molecule has 0 aromatic carbocycles. The lowest BCUT2D eigenvalue weighted by molar-refractivity contribution is 0.324. The second-order valence-corrected chi connectivity index (χ2v) is 1.64. The standard InChI is InChI=1S/C6H10ClO/c1-3-5-6(7)8-4-2/h4-5H,3H2,1-2H3/b6-5+. The van der Waals surface area contributed by atoms with Gasteiger partial charge >= 0.3 is 0 Å². The van der Waals surface area contributed by atoms with Crippen LogP contribution in [0.2, 0.25) is 0 Å². The molecule has 0 spiro atoms. The van der Waals surface area contributed by atoms with Crippen LogP contribution in [0.3, 0.4) is 0 Å². The van der Waals surface area contributed by atoms with Crippen molar-refractivity contribution < 1.29 is 4.74 Å². The average molecular weight is 134 g/mol. The van der Waals surface area contributed by atoms with E-state index in [-0.39, 0.29) is 0 Å². The Labute approximate surface area is 55.3 Å². The van der Waals surface area contributed by atoms with E-state index in [0.29, 0.717) is 5.22 Å². The Morgan fingerprint density at radius 1 is 1.75 bits per heavy atom. The molecule has 0 N–H and O–H groups in total. The first-order chi connectivity index (χ1) is 3.81. The molecule has 0 heterocycles. The van der Waals surface area contributed by atoms with Crippen molar-refractivity contribution in [2.24, 2.45) is 0 Å². The fourth-order valence-electron chi connectivity index (χ4n) is 0.321. The number of hydrogen-bond acceptors (Lipinski definition) is 1. The molecule has 1 radical (unpaired) electrons. The van der Waals surface area contributed by atoms with Crippen LogP contribution in [0.25, 0.3) is 0 Å². The zero-order valence-electron chi connectivity index (χ0n) is 5.15. The van der Waals surface area contributed by atoms with Gasteiger partial charge in [0.05, 0.1) is 0 Å². The Hall–Kier alpha value is -0.170. The van der Waals surface area contributed by atoms with Gasteiger partial charge in [-0.15, -0.1) is 0 Å². The van der Waals surface area contributed by atoms with Gasteiger partial charge in [0.1, 0.15) is 6.61 Å². The van der Waals surface area contributed by atoms with Crippen molar-refractivity contribution in [3.8, 4) is 0 Å². The van der Waals surface area contributed by atoms with Crippen LogP contribution in [0.15, 0.2) is 11.3 Å². The maximum Gasteiger partial charge on any atom is 0.183 e. The van der Waals surface area contributed by atoms with E-state index >= 15 is 0 Å². The van der Waals surface area contributed by atoms with Crippen LogP contribution < -0.4 is 0 Å². The largest absolute Gasteiger partial charge is 0.476 e. The van der Waals surface area contributed by atoms with E-state index in [9.17, 15) is 0 Å². The lowest BCUT2D eigenvalue weighted by Crippen LogP contribution is -1.76. The molecule has 0 saturated carbocycles. The lowest BCUT2D eigenvalue weighted by Gasteiger charge is -1.95. The molecule has 0 aliphatic heterocycles. The molecule has 0 fully saturated rings. The number of rotatable bonds is 3. The Morgan fingerprint density at radius 2 is 2.38 bits per heavy atom. The highest BCUT2D eigenvalue weighted by Crippen LogP contribution is 2.04. The monoisotopic (exact) mass is 133 g/mol. The summed E-state index contributed by atoms with van der Waals surface area (Å²) in [4.78, 5) is 0. The Morgan fingerprint density at radius 3 is 2.75 bits per heavy atom. The van der Waals surface area contributed by atoms with Gasteiger partial charge in [-0.3, -0.25) is 0 Å². The van der Waals surface area contributed by atoms with E-state index in [4.69, 9.17) is 16.3 Å². The van der Waals surface area contributed by atoms with Crippen molar-refractivity contribution in [2.45, 2.75) is 20.3 Å². The Kier molecular flexibility index (Phi) is 4.87. The molecule has 2 heteroatoms. The molecule has 0 aromatic rings. The lowest BCUT2D eigenvalue weighted by atomic mass is 10.5. The fraction of sp³-hybridized carbons (Fsp3) is 0.500. The summed E-state index contributed by atoms with van der Waals surface area (Å²) in [6.07, 6.45) is 2.72. The highest BCUT2D eigenvalue weighted by molar-refractivity contribution is 6.28. The van der Waals surface area contributed by atoms with Crippen molar-refractivity contribution in [1.29, 1.82) is 0 Å². The topological polar surface area (TPSA) is 9.23 Å². The summed E-state index contributed by atoms with van der Waals surface area (Å²) in [5.41, 5.74) is 0.